The van der Waals surface area contributed by atoms with Gasteiger partial charge in [-0.3, -0.25) is 4.79 Å². The Labute approximate surface area is 175 Å². The van der Waals surface area contributed by atoms with Crippen LogP contribution in [-0.4, -0.2) is 45.4 Å². The Hall–Kier alpha value is -2.48. The van der Waals surface area contributed by atoms with E-state index in [0.717, 1.165) is 42.7 Å². The van der Waals surface area contributed by atoms with E-state index in [1.54, 1.807) is 15.9 Å². The molecule has 0 atom stereocenters. The Balaban J connectivity index is 1.33. The normalized spacial score (nSPS) is 15.2. The standard InChI is InChI=1S/C21H28N6OS/c1-15-8-12-26(13-9-15)20-4-3-18-23-24-19(27(18)25-20)5-6-21(28)22-11-7-17-16(2)10-14-29-17/h3-4,10,14-15H,5-9,11-13H2,1-2H3,(H,22,28). The summed E-state index contributed by atoms with van der Waals surface area (Å²) < 4.78 is 1.79. The first-order valence-corrected chi connectivity index (χ1v) is 11.2. The second kappa shape index (κ2) is 8.90. The summed E-state index contributed by atoms with van der Waals surface area (Å²) in [5.41, 5.74) is 2.02. The number of nitrogens with zero attached hydrogens (tertiary/aromatic N) is 5. The molecular formula is C21H28N6OS. The highest BCUT2D eigenvalue weighted by molar-refractivity contribution is 7.10. The molecule has 3 aromatic heterocycles. The zero-order chi connectivity index (χ0) is 20.2. The number of carbonyl (C=O) groups excluding carboxylic acids is 1. The molecule has 0 aromatic carbocycles. The summed E-state index contributed by atoms with van der Waals surface area (Å²) in [5.74, 6) is 2.51. The Morgan fingerprint density at radius 1 is 1.21 bits per heavy atom. The van der Waals surface area contributed by atoms with Gasteiger partial charge in [-0.15, -0.1) is 26.6 Å². The second-order valence-electron chi connectivity index (χ2n) is 7.87. The van der Waals surface area contributed by atoms with Gasteiger partial charge >= 0.3 is 0 Å². The average Bonchev–Trinajstić information content (AvgIpc) is 3.32. The largest absolute Gasteiger partial charge is 0.356 e. The van der Waals surface area contributed by atoms with Gasteiger partial charge < -0.3 is 10.2 Å². The minimum Gasteiger partial charge on any atom is -0.356 e. The van der Waals surface area contributed by atoms with Gasteiger partial charge in [0.1, 0.15) is 5.82 Å². The molecule has 154 valence electrons. The lowest BCUT2D eigenvalue weighted by Crippen LogP contribution is -2.33. The van der Waals surface area contributed by atoms with E-state index in [2.05, 4.69) is 45.7 Å². The lowest BCUT2D eigenvalue weighted by molar-refractivity contribution is -0.121. The summed E-state index contributed by atoms with van der Waals surface area (Å²) in [5, 5.41) is 18.3. The van der Waals surface area contributed by atoms with Crippen molar-refractivity contribution in [1.82, 2.24) is 25.1 Å². The summed E-state index contributed by atoms with van der Waals surface area (Å²) in [7, 11) is 0. The molecular weight excluding hydrogens is 384 g/mol. The highest BCUT2D eigenvalue weighted by Gasteiger charge is 2.18. The van der Waals surface area contributed by atoms with Gasteiger partial charge in [0.15, 0.2) is 11.5 Å². The van der Waals surface area contributed by atoms with Crippen molar-refractivity contribution in [2.45, 2.75) is 46.0 Å². The van der Waals surface area contributed by atoms with Crippen LogP contribution in [0, 0.1) is 12.8 Å². The topological polar surface area (TPSA) is 75.4 Å². The third-order valence-corrected chi connectivity index (χ3v) is 6.72. The number of rotatable bonds is 7. The van der Waals surface area contributed by atoms with E-state index in [1.807, 2.05) is 12.1 Å². The van der Waals surface area contributed by atoms with Crippen LogP contribution < -0.4 is 10.2 Å². The van der Waals surface area contributed by atoms with E-state index >= 15 is 0 Å². The summed E-state index contributed by atoms with van der Waals surface area (Å²) in [6.07, 6.45) is 4.18. The lowest BCUT2D eigenvalue weighted by Gasteiger charge is -2.30. The van der Waals surface area contributed by atoms with Gasteiger partial charge in [-0.05, 0) is 61.2 Å². The van der Waals surface area contributed by atoms with Crippen LogP contribution in [0.2, 0.25) is 0 Å². The van der Waals surface area contributed by atoms with Crippen LogP contribution in [0.15, 0.2) is 23.6 Å². The van der Waals surface area contributed by atoms with Crippen LogP contribution in [0.4, 0.5) is 5.82 Å². The average molecular weight is 413 g/mol. The van der Waals surface area contributed by atoms with Gasteiger partial charge in [-0.25, -0.2) is 0 Å². The number of piperidine rings is 1. The predicted molar refractivity (Wildman–Crippen MR) is 115 cm³/mol. The molecule has 29 heavy (non-hydrogen) atoms. The minimum absolute atomic E-state index is 0.0390. The van der Waals surface area contributed by atoms with Crippen LogP contribution in [0.25, 0.3) is 5.65 Å². The van der Waals surface area contributed by atoms with E-state index in [9.17, 15) is 4.79 Å². The summed E-state index contributed by atoms with van der Waals surface area (Å²) in [6.45, 7) is 7.14. The van der Waals surface area contributed by atoms with Gasteiger partial charge in [-0.1, -0.05) is 6.92 Å². The molecule has 0 saturated carbocycles. The number of nitrogens with one attached hydrogen (secondary N) is 1. The molecule has 1 saturated heterocycles. The molecule has 8 heteroatoms. The number of fused-ring (bicyclic) bond motifs is 1. The number of amides is 1. The van der Waals surface area contributed by atoms with Crippen molar-refractivity contribution in [3.05, 3.63) is 39.8 Å². The third kappa shape index (κ3) is 4.75. The first-order valence-electron chi connectivity index (χ1n) is 10.4. The highest BCUT2D eigenvalue weighted by atomic mass is 32.1. The van der Waals surface area contributed by atoms with E-state index in [0.29, 0.717) is 19.4 Å². The first-order chi connectivity index (χ1) is 14.1. The maximum atomic E-state index is 12.2. The molecule has 0 bridgehead atoms. The quantitative estimate of drug-likeness (QED) is 0.646. The van der Waals surface area contributed by atoms with Gasteiger partial charge in [0.05, 0.1) is 0 Å². The van der Waals surface area contributed by atoms with Crippen molar-refractivity contribution < 1.29 is 4.79 Å². The number of anilines is 1. The Kier molecular flexibility index (Phi) is 6.08. The molecule has 4 rings (SSSR count). The molecule has 0 aliphatic carbocycles. The van der Waals surface area contributed by atoms with Crippen molar-refractivity contribution >= 4 is 28.7 Å². The van der Waals surface area contributed by atoms with Crippen molar-refractivity contribution in [1.29, 1.82) is 0 Å². The maximum Gasteiger partial charge on any atom is 0.220 e. The molecule has 1 amide bonds. The Morgan fingerprint density at radius 3 is 2.79 bits per heavy atom. The van der Waals surface area contributed by atoms with Crippen LogP contribution in [0.3, 0.4) is 0 Å². The lowest BCUT2D eigenvalue weighted by atomic mass is 9.99. The van der Waals surface area contributed by atoms with Gasteiger partial charge in [0.2, 0.25) is 5.91 Å². The molecule has 3 aromatic rings. The highest BCUT2D eigenvalue weighted by Crippen LogP contribution is 2.21. The van der Waals surface area contributed by atoms with Gasteiger partial charge in [0, 0.05) is 37.4 Å². The van der Waals surface area contributed by atoms with Crippen LogP contribution in [0.1, 0.15) is 42.5 Å². The van der Waals surface area contributed by atoms with E-state index in [-0.39, 0.29) is 5.91 Å². The van der Waals surface area contributed by atoms with Crippen molar-refractivity contribution in [2.24, 2.45) is 5.92 Å². The smallest absolute Gasteiger partial charge is 0.220 e. The SMILES string of the molecule is Cc1ccsc1CCNC(=O)CCc1nnc2ccc(N3CCC(C)CC3)nn12. The molecule has 1 aliphatic rings. The van der Waals surface area contributed by atoms with Crippen molar-refractivity contribution in [2.75, 3.05) is 24.5 Å². The molecule has 1 fully saturated rings. The van der Waals surface area contributed by atoms with E-state index in [1.165, 1.54) is 23.3 Å². The molecule has 7 nitrogen and oxygen atoms in total. The van der Waals surface area contributed by atoms with E-state index < -0.39 is 0 Å². The Bertz CT molecular complexity index is 973. The van der Waals surface area contributed by atoms with Gasteiger partial charge in [0.25, 0.3) is 0 Å². The first kappa shape index (κ1) is 19.8. The minimum atomic E-state index is 0.0390. The Morgan fingerprint density at radius 2 is 2.03 bits per heavy atom. The van der Waals surface area contributed by atoms with E-state index in [4.69, 9.17) is 5.10 Å². The number of carbonyl (C=O) groups is 1. The molecule has 0 unspecified atom stereocenters. The summed E-state index contributed by atoms with van der Waals surface area (Å²) >= 11 is 1.74. The van der Waals surface area contributed by atoms with Gasteiger partial charge in [-0.2, -0.15) is 4.52 Å². The number of aryl methyl sites for hydroxylation is 2. The number of hydrogen-bond donors (Lipinski definition) is 1. The van der Waals surface area contributed by atoms with Crippen molar-refractivity contribution in [3.63, 3.8) is 0 Å². The zero-order valence-corrected chi connectivity index (χ0v) is 17.9. The number of aromatic nitrogens is 4. The predicted octanol–water partition coefficient (Wildman–Crippen LogP) is 3.02. The molecule has 1 aliphatic heterocycles. The third-order valence-electron chi connectivity index (χ3n) is 5.64. The number of hydrogen-bond acceptors (Lipinski definition) is 6. The fraction of sp³-hybridized carbons (Fsp3) is 0.524. The fourth-order valence-corrected chi connectivity index (χ4v) is 4.59. The van der Waals surface area contributed by atoms with Crippen molar-refractivity contribution in [3.8, 4) is 0 Å². The fourth-order valence-electron chi connectivity index (χ4n) is 3.68. The summed E-state index contributed by atoms with van der Waals surface area (Å²) in [4.78, 5) is 15.9. The number of thiophene rings is 1. The van der Waals surface area contributed by atoms with Crippen LogP contribution in [-0.2, 0) is 17.6 Å². The molecule has 0 radical (unpaired) electrons. The summed E-state index contributed by atoms with van der Waals surface area (Å²) in [6, 6.07) is 6.09. The molecule has 1 N–H and O–H groups in total. The maximum absolute atomic E-state index is 12.2. The monoisotopic (exact) mass is 412 g/mol. The molecule has 0 spiro atoms. The van der Waals surface area contributed by atoms with Crippen LogP contribution >= 0.6 is 11.3 Å². The van der Waals surface area contributed by atoms with Crippen LogP contribution in [0.5, 0.6) is 0 Å². The second-order valence-corrected chi connectivity index (χ2v) is 8.87. The molecule has 4 heterocycles. The zero-order valence-electron chi connectivity index (χ0n) is 17.1.